The number of Topliss-reactive ketones (excluding diaryl/α,β-unsaturated/α-hetero) is 2. The summed E-state index contributed by atoms with van der Waals surface area (Å²) in [6, 6.07) is 5.05. The van der Waals surface area contributed by atoms with Gasteiger partial charge in [0.2, 0.25) is 0 Å². The Labute approximate surface area is 124 Å². The second kappa shape index (κ2) is 5.65. The molecule has 0 radical (unpaired) electrons. The molecule has 114 valence electrons. The van der Waals surface area contributed by atoms with E-state index in [-0.39, 0.29) is 5.56 Å². The van der Waals surface area contributed by atoms with E-state index in [4.69, 9.17) is 10.2 Å². The number of aromatic hydroxyl groups is 5. The van der Waals surface area contributed by atoms with Crippen LogP contribution in [-0.2, 0) is 0 Å². The van der Waals surface area contributed by atoms with Crippen LogP contribution in [-0.4, -0.2) is 37.1 Å². The Hall–Kier alpha value is -3.22. The van der Waals surface area contributed by atoms with E-state index in [1.807, 2.05) is 0 Å². The molecule has 0 heterocycles. The van der Waals surface area contributed by atoms with Gasteiger partial charge in [0.1, 0.15) is 22.8 Å². The smallest absolute Gasteiger partial charge is 0.178 e. The molecule has 0 aromatic heterocycles. The number of hydrogen-bond donors (Lipinski definition) is 5. The molecule has 0 amide bonds. The zero-order chi connectivity index (χ0) is 16.4. The predicted octanol–water partition coefficient (Wildman–Crippen LogP) is 1.67. The van der Waals surface area contributed by atoms with E-state index >= 15 is 0 Å². The summed E-state index contributed by atoms with van der Waals surface area (Å²) in [5.41, 5.74) is -0.490. The van der Waals surface area contributed by atoms with Crippen molar-refractivity contribution in [1.82, 2.24) is 0 Å². The minimum atomic E-state index is -0.854. The molecule has 0 aliphatic rings. The summed E-state index contributed by atoms with van der Waals surface area (Å²) in [5, 5.41) is 46.8. The molecule has 22 heavy (non-hydrogen) atoms. The van der Waals surface area contributed by atoms with Crippen molar-refractivity contribution in [1.29, 1.82) is 0 Å². The molecule has 0 saturated heterocycles. The van der Waals surface area contributed by atoms with Gasteiger partial charge in [0, 0.05) is 17.7 Å². The van der Waals surface area contributed by atoms with E-state index in [2.05, 4.69) is 0 Å². The van der Waals surface area contributed by atoms with Gasteiger partial charge in [-0.3, -0.25) is 9.59 Å². The number of ketones is 2. The van der Waals surface area contributed by atoms with Crippen LogP contribution >= 0.6 is 0 Å². The van der Waals surface area contributed by atoms with E-state index < -0.39 is 52.3 Å². The number of phenolic OH excluding ortho intramolecular Hbond substituents is 5. The molecule has 0 aliphatic carbocycles. The maximum Gasteiger partial charge on any atom is 0.178 e. The Morgan fingerprint density at radius 2 is 1.32 bits per heavy atom. The molecular weight excluding hydrogens is 292 g/mol. The maximum absolute atomic E-state index is 12.0. The van der Waals surface area contributed by atoms with E-state index in [1.165, 1.54) is 6.07 Å². The minimum Gasteiger partial charge on any atom is -0.508 e. The van der Waals surface area contributed by atoms with Crippen LogP contribution in [0, 0.1) is 0 Å². The number of rotatable bonds is 4. The average Bonchev–Trinajstić information content (AvgIpc) is 2.40. The van der Waals surface area contributed by atoms with Gasteiger partial charge in [-0.1, -0.05) is 0 Å². The summed E-state index contributed by atoms with van der Waals surface area (Å²) in [4.78, 5) is 24.0. The first kappa shape index (κ1) is 15.2. The number of phenols is 5. The zero-order valence-electron chi connectivity index (χ0n) is 11.1. The summed E-state index contributed by atoms with van der Waals surface area (Å²) < 4.78 is 0. The first-order valence-electron chi connectivity index (χ1n) is 6.13. The standard InChI is InChI=1S/C15H12O7/c16-8-4-12(20)15(13(21)5-8)14(22)6-10(18)7-1-2-9(17)11(19)3-7/h1-5,16-17,19-21H,6H2. The fourth-order valence-electron chi connectivity index (χ4n) is 1.92. The van der Waals surface area contributed by atoms with Crippen LogP contribution in [0.2, 0.25) is 0 Å². The SMILES string of the molecule is O=C(CC(=O)c1c(O)cc(O)cc1O)c1ccc(O)c(O)c1. The molecule has 7 nitrogen and oxygen atoms in total. The Balaban J connectivity index is 2.25. The lowest BCUT2D eigenvalue weighted by atomic mass is 9.99. The van der Waals surface area contributed by atoms with Crippen molar-refractivity contribution >= 4 is 11.6 Å². The van der Waals surface area contributed by atoms with Crippen LogP contribution in [0.15, 0.2) is 30.3 Å². The molecule has 2 rings (SSSR count). The van der Waals surface area contributed by atoms with Crippen molar-refractivity contribution in [3.05, 3.63) is 41.5 Å². The van der Waals surface area contributed by atoms with Gasteiger partial charge in [-0.05, 0) is 18.2 Å². The second-order valence-corrected chi connectivity index (χ2v) is 4.59. The number of hydrogen-bond acceptors (Lipinski definition) is 7. The van der Waals surface area contributed by atoms with Crippen LogP contribution in [0.1, 0.15) is 27.1 Å². The molecule has 0 fully saturated rings. The molecule has 5 N–H and O–H groups in total. The van der Waals surface area contributed by atoms with Gasteiger partial charge in [0.15, 0.2) is 23.1 Å². The summed E-state index contributed by atoms with van der Waals surface area (Å²) in [7, 11) is 0. The van der Waals surface area contributed by atoms with Gasteiger partial charge in [-0.25, -0.2) is 0 Å². The summed E-state index contributed by atoms with van der Waals surface area (Å²) in [6.45, 7) is 0. The van der Waals surface area contributed by atoms with Crippen LogP contribution in [0.4, 0.5) is 0 Å². The van der Waals surface area contributed by atoms with E-state index in [0.29, 0.717) is 0 Å². The fourth-order valence-corrected chi connectivity index (χ4v) is 1.92. The fraction of sp³-hybridized carbons (Fsp3) is 0.0667. The van der Waals surface area contributed by atoms with Gasteiger partial charge >= 0.3 is 0 Å². The molecule has 0 bridgehead atoms. The Morgan fingerprint density at radius 1 is 0.727 bits per heavy atom. The topological polar surface area (TPSA) is 135 Å². The van der Waals surface area contributed by atoms with Crippen LogP contribution in [0.3, 0.4) is 0 Å². The average molecular weight is 304 g/mol. The molecule has 0 spiro atoms. The summed E-state index contributed by atoms with van der Waals surface area (Å²) >= 11 is 0. The van der Waals surface area contributed by atoms with Crippen molar-refractivity contribution in [2.24, 2.45) is 0 Å². The highest BCUT2D eigenvalue weighted by atomic mass is 16.3. The molecule has 0 unspecified atom stereocenters. The zero-order valence-corrected chi connectivity index (χ0v) is 11.1. The summed E-state index contributed by atoms with van der Waals surface area (Å²) in [5.74, 6) is -4.17. The van der Waals surface area contributed by atoms with E-state index in [1.54, 1.807) is 0 Å². The molecule has 7 heteroatoms. The van der Waals surface area contributed by atoms with Gasteiger partial charge in [-0.2, -0.15) is 0 Å². The monoisotopic (exact) mass is 304 g/mol. The normalized spacial score (nSPS) is 10.4. The highest BCUT2D eigenvalue weighted by molar-refractivity contribution is 6.15. The summed E-state index contributed by atoms with van der Waals surface area (Å²) in [6.07, 6.45) is -0.671. The Morgan fingerprint density at radius 3 is 1.86 bits per heavy atom. The van der Waals surface area contributed by atoms with Gasteiger partial charge in [0.05, 0.1) is 6.42 Å². The third-order valence-electron chi connectivity index (χ3n) is 2.98. The van der Waals surface area contributed by atoms with Crippen molar-refractivity contribution in [3.8, 4) is 28.7 Å². The molecule has 0 aliphatic heterocycles. The first-order chi connectivity index (χ1) is 10.3. The maximum atomic E-state index is 12.0. The Bertz CT molecular complexity index is 741. The van der Waals surface area contributed by atoms with Crippen LogP contribution in [0.25, 0.3) is 0 Å². The molecule has 0 saturated carbocycles. The van der Waals surface area contributed by atoms with Crippen molar-refractivity contribution < 1.29 is 35.1 Å². The van der Waals surface area contributed by atoms with Crippen LogP contribution in [0.5, 0.6) is 28.7 Å². The first-order valence-corrected chi connectivity index (χ1v) is 6.13. The van der Waals surface area contributed by atoms with Crippen molar-refractivity contribution in [2.45, 2.75) is 6.42 Å². The van der Waals surface area contributed by atoms with Gasteiger partial charge < -0.3 is 25.5 Å². The van der Waals surface area contributed by atoms with Gasteiger partial charge in [-0.15, -0.1) is 0 Å². The lowest BCUT2D eigenvalue weighted by molar-refractivity contribution is 0.0891. The van der Waals surface area contributed by atoms with E-state index in [0.717, 1.165) is 24.3 Å². The number of carbonyl (C=O) groups excluding carboxylic acids is 2. The Kier molecular flexibility index (Phi) is 3.89. The molecular formula is C15H12O7. The quantitative estimate of drug-likeness (QED) is 0.329. The lowest BCUT2D eigenvalue weighted by Gasteiger charge is -2.07. The van der Waals surface area contributed by atoms with Crippen molar-refractivity contribution in [2.75, 3.05) is 0 Å². The number of carbonyl (C=O) groups is 2. The molecule has 2 aromatic carbocycles. The molecule has 0 atom stereocenters. The second-order valence-electron chi connectivity index (χ2n) is 4.59. The highest BCUT2D eigenvalue weighted by Crippen LogP contribution is 2.33. The predicted molar refractivity (Wildman–Crippen MR) is 74.5 cm³/mol. The lowest BCUT2D eigenvalue weighted by Crippen LogP contribution is -2.09. The minimum absolute atomic E-state index is 0.0126. The third-order valence-corrected chi connectivity index (χ3v) is 2.98. The third kappa shape index (κ3) is 2.93. The molecule has 2 aromatic rings. The van der Waals surface area contributed by atoms with Crippen LogP contribution < -0.4 is 0 Å². The highest BCUT2D eigenvalue weighted by Gasteiger charge is 2.21. The van der Waals surface area contributed by atoms with Crippen molar-refractivity contribution in [3.63, 3.8) is 0 Å². The largest absolute Gasteiger partial charge is 0.508 e. The van der Waals surface area contributed by atoms with Gasteiger partial charge in [0.25, 0.3) is 0 Å². The van der Waals surface area contributed by atoms with E-state index in [9.17, 15) is 24.9 Å². The number of benzene rings is 2.